The average molecular weight is 322 g/mol. The normalized spacial score (nSPS) is 18.7. The summed E-state index contributed by atoms with van der Waals surface area (Å²) in [6.07, 6.45) is -5.68. The van der Waals surface area contributed by atoms with Crippen molar-refractivity contribution in [2.45, 2.75) is 31.5 Å². The van der Waals surface area contributed by atoms with Gasteiger partial charge in [-0.1, -0.05) is 11.6 Å². The third kappa shape index (κ3) is 3.16. The summed E-state index contributed by atoms with van der Waals surface area (Å²) >= 11 is 5.81. The molecule has 1 aromatic rings. The van der Waals surface area contributed by atoms with E-state index >= 15 is 0 Å². The van der Waals surface area contributed by atoms with Gasteiger partial charge >= 0.3 is 6.18 Å². The predicted octanol–water partition coefficient (Wildman–Crippen LogP) is 3.18. The molecule has 2 rings (SSSR count). The topological polar surface area (TPSA) is 40.5 Å². The molecule has 1 aromatic carbocycles. The first-order chi connectivity index (χ1) is 9.64. The molecule has 21 heavy (non-hydrogen) atoms. The lowest BCUT2D eigenvalue weighted by Gasteiger charge is -2.39. The Morgan fingerprint density at radius 1 is 1.33 bits per heavy atom. The second-order valence-electron chi connectivity index (χ2n) is 5.28. The van der Waals surface area contributed by atoms with Gasteiger partial charge in [0.25, 0.3) is 5.91 Å². The van der Waals surface area contributed by atoms with Gasteiger partial charge in [0.15, 0.2) is 5.60 Å². The number of rotatable bonds is 1. The Hall–Kier alpha value is -1.27. The van der Waals surface area contributed by atoms with Crippen LogP contribution < -0.4 is 0 Å². The van der Waals surface area contributed by atoms with Crippen molar-refractivity contribution in [1.82, 2.24) is 4.90 Å². The van der Waals surface area contributed by atoms with Crippen molar-refractivity contribution < 1.29 is 23.1 Å². The molecule has 1 N–H and O–H groups in total. The Bertz CT molecular complexity index is 552. The largest absolute Gasteiger partial charge is 0.417 e. The average Bonchev–Trinajstić information content (AvgIpc) is 2.37. The van der Waals surface area contributed by atoms with Crippen molar-refractivity contribution in [3.05, 3.63) is 34.3 Å². The molecule has 1 aliphatic rings. The van der Waals surface area contributed by atoms with Gasteiger partial charge in [-0.2, -0.15) is 13.2 Å². The number of halogens is 4. The van der Waals surface area contributed by atoms with Gasteiger partial charge in [-0.25, -0.2) is 0 Å². The van der Waals surface area contributed by atoms with E-state index in [9.17, 15) is 23.1 Å². The molecular weight excluding hydrogens is 307 g/mol. The number of aliphatic hydroxyl groups is 1. The summed E-state index contributed by atoms with van der Waals surface area (Å²) in [6.45, 7) is 1.46. The summed E-state index contributed by atoms with van der Waals surface area (Å²) < 4.78 is 38.2. The third-order valence-corrected chi connectivity index (χ3v) is 4.06. The van der Waals surface area contributed by atoms with Gasteiger partial charge in [0.05, 0.1) is 0 Å². The Kier molecular flexibility index (Phi) is 4.22. The van der Waals surface area contributed by atoms with Crippen LogP contribution in [0.2, 0.25) is 5.02 Å². The molecule has 0 spiro atoms. The summed E-state index contributed by atoms with van der Waals surface area (Å²) in [5, 5.41) is 10.1. The van der Waals surface area contributed by atoms with Crippen LogP contribution in [0.3, 0.4) is 0 Å². The van der Waals surface area contributed by atoms with Gasteiger partial charge in [0.2, 0.25) is 0 Å². The van der Waals surface area contributed by atoms with Gasteiger partial charge in [0.1, 0.15) is 0 Å². The number of alkyl halides is 3. The second-order valence-corrected chi connectivity index (χ2v) is 5.72. The van der Waals surface area contributed by atoms with Crippen LogP contribution in [-0.2, 0) is 0 Å². The van der Waals surface area contributed by atoms with Crippen LogP contribution in [0.15, 0.2) is 18.2 Å². The summed E-state index contributed by atoms with van der Waals surface area (Å²) in [6, 6.07) is 4.76. The van der Waals surface area contributed by atoms with Crippen molar-refractivity contribution in [3.63, 3.8) is 0 Å². The van der Waals surface area contributed by atoms with Crippen molar-refractivity contribution in [2.24, 2.45) is 0 Å². The summed E-state index contributed by atoms with van der Waals surface area (Å²) in [5.74, 6) is -0.339. The molecule has 0 saturated carbocycles. The van der Waals surface area contributed by atoms with Crippen LogP contribution in [0, 0.1) is 6.92 Å². The number of hydrogen-bond donors (Lipinski definition) is 1. The van der Waals surface area contributed by atoms with E-state index in [1.807, 2.05) is 0 Å². The SMILES string of the molecule is Cc1cc(Cl)ccc1C(=O)N1CCC(O)(C(F)(F)F)CC1. The number of carbonyl (C=O) groups excluding carboxylic acids is 1. The lowest BCUT2D eigenvalue weighted by atomic mass is 9.90. The zero-order valence-electron chi connectivity index (χ0n) is 11.4. The molecule has 1 fully saturated rings. The van der Waals surface area contributed by atoms with Gasteiger partial charge in [-0.15, -0.1) is 0 Å². The molecule has 3 nitrogen and oxygen atoms in total. The smallest absolute Gasteiger partial charge is 0.380 e. The van der Waals surface area contributed by atoms with Crippen LogP contribution in [0.1, 0.15) is 28.8 Å². The Balaban J connectivity index is 2.10. The minimum absolute atomic E-state index is 0.128. The molecule has 1 saturated heterocycles. The number of benzene rings is 1. The maximum absolute atomic E-state index is 12.7. The molecule has 0 aromatic heterocycles. The van der Waals surface area contributed by atoms with Crippen molar-refractivity contribution >= 4 is 17.5 Å². The van der Waals surface area contributed by atoms with Gasteiger partial charge < -0.3 is 10.0 Å². The summed E-state index contributed by atoms with van der Waals surface area (Å²) in [4.78, 5) is 13.6. The fraction of sp³-hybridized carbons (Fsp3) is 0.500. The van der Waals surface area contributed by atoms with Gasteiger partial charge in [0, 0.05) is 36.5 Å². The molecule has 1 aliphatic heterocycles. The van der Waals surface area contributed by atoms with Crippen molar-refractivity contribution in [1.29, 1.82) is 0 Å². The highest BCUT2D eigenvalue weighted by Crippen LogP contribution is 2.38. The molecular formula is C14H15ClF3NO2. The molecule has 116 valence electrons. The number of carbonyl (C=O) groups is 1. The van der Waals surface area contributed by atoms with Crippen LogP contribution in [0.5, 0.6) is 0 Å². The molecule has 7 heteroatoms. The highest BCUT2D eigenvalue weighted by atomic mass is 35.5. The van der Waals surface area contributed by atoms with Gasteiger partial charge in [-0.05, 0) is 30.7 Å². The summed E-state index contributed by atoms with van der Waals surface area (Å²) in [5.41, 5.74) is -1.61. The van der Waals surface area contributed by atoms with Crippen molar-refractivity contribution in [2.75, 3.05) is 13.1 Å². The van der Waals surface area contributed by atoms with E-state index in [1.54, 1.807) is 25.1 Å². The molecule has 0 bridgehead atoms. The van der Waals surface area contributed by atoms with Gasteiger partial charge in [-0.3, -0.25) is 4.79 Å². The third-order valence-electron chi connectivity index (χ3n) is 3.82. The maximum atomic E-state index is 12.7. The molecule has 0 aliphatic carbocycles. The first-order valence-corrected chi connectivity index (χ1v) is 6.86. The molecule has 0 radical (unpaired) electrons. The second kappa shape index (κ2) is 5.50. The highest BCUT2D eigenvalue weighted by Gasteiger charge is 2.54. The number of hydrogen-bond acceptors (Lipinski definition) is 2. The first-order valence-electron chi connectivity index (χ1n) is 6.48. The predicted molar refractivity (Wildman–Crippen MR) is 72.3 cm³/mol. The van der Waals surface area contributed by atoms with E-state index in [4.69, 9.17) is 11.6 Å². The minimum atomic E-state index is -4.67. The number of likely N-dealkylation sites (tertiary alicyclic amines) is 1. The molecule has 1 amide bonds. The van der Waals surface area contributed by atoms with Crippen molar-refractivity contribution in [3.8, 4) is 0 Å². The fourth-order valence-corrected chi connectivity index (χ4v) is 2.63. The van der Waals surface area contributed by atoms with E-state index < -0.39 is 24.6 Å². The van der Waals surface area contributed by atoms with E-state index in [1.165, 1.54) is 4.90 Å². The molecule has 0 atom stereocenters. The van der Waals surface area contributed by atoms with E-state index in [2.05, 4.69) is 0 Å². The highest BCUT2D eigenvalue weighted by molar-refractivity contribution is 6.30. The fourth-order valence-electron chi connectivity index (χ4n) is 2.40. The monoisotopic (exact) mass is 321 g/mol. The van der Waals surface area contributed by atoms with E-state index in [0.717, 1.165) is 0 Å². The Labute approximate surface area is 125 Å². The Morgan fingerprint density at radius 2 is 1.90 bits per heavy atom. The van der Waals surface area contributed by atoms with E-state index in [-0.39, 0.29) is 19.0 Å². The summed E-state index contributed by atoms with van der Waals surface area (Å²) in [7, 11) is 0. The lowest BCUT2D eigenvalue weighted by molar-refractivity contribution is -0.271. The van der Waals surface area contributed by atoms with Crippen LogP contribution >= 0.6 is 11.6 Å². The zero-order chi connectivity index (χ0) is 15.8. The minimum Gasteiger partial charge on any atom is -0.380 e. The number of piperidine rings is 1. The number of nitrogens with zero attached hydrogens (tertiary/aromatic N) is 1. The molecule has 0 unspecified atom stereocenters. The van der Waals surface area contributed by atoms with Crippen LogP contribution in [-0.4, -0.2) is 40.8 Å². The number of amides is 1. The maximum Gasteiger partial charge on any atom is 0.417 e. The van der Waals surface area contributed by atoms with Crippen LogP contribution in [0.4, 0.5) is 13.2 Å². The Morgan fingerprint density at radius 3 is 2.38 bits per heavy atom. The number of aryl methyl sites for hydroxylation is 1. The quantitative estimate of drug-likeness (QED) is 0.863. The zero-order valence-corrected chi connectivity index (χ0v) is 12.1. The molecule has 1 heterocycles. The first kappa shape index (κ1) is 16.1. The van der Waals surface area contributed by atoms with Crippen LogP contribution in [0.25, 0.3) is 0 Å². The standard InChI is InChI=1S/C14H15ClF3NO2/c1-9-8-10(15)2-3-11(9)12(20)19-6-4-13(21,5-7-19)14(16,17)18/h2-3,8,21H,4-7H2,1H3. The lowest BCUT2D eigenvalue weighted by Crippen LogP contribution is -2.54. The van der Waals surface area contributed by atoms with E-state index in [0.29, 0.717) is 16.1 Å².